The normalized spacial score (nSPS) is 13.9. The van der Waals surface area contributed by atoms with Crippen LogP contribution in [-0.4, -0.2) is 53.8 Å². The third kappa shape index (κ3) is 5.15. The van der Waals surface area contributed by atoms with E-state index in [0.717, 1.165) is 0 Å². The SMILES string of the molecule is O=C(Nc1ccc(NC(=O)N2CCCN(C(=O)c3ccccc3)CC2)cc1)c1ccco1. The maximum atomic E-state index is 12.7. The molecule has 0 atom stereocenters. The van der Waals surface area contributed by atoms with Gasteiger partial charge < -0.3 is 24.9 Å². The van der Waals surface area contributed by atoms with Crippen LogP contribution in [0.15, 0.2) is 77.4 Å². The summed E-state index contributed by atoms with van der Waals surface area (Å²) < 4.78 is 5.07. The van der Waals surface area contributed by atoms with Crippen molar-refractivity contribution in [3.63, 3.8) is 0 Å². The van der Waals surface area contributed by atoms with E-state index in [1.165, 1.54) is 6.26 Å². The van der Waals surface area contributed by atoms with Crippen LogP contribution in [0.3, 0.4) is 0 Å². The first-order valence-electron chi connectivity index (χ1n) is 10.5. The molecule has 1 aliphatic rings. The number of benzene rings is 2. The summed E-state index contributed by atoms with van der Waals surface area (Å²) in [6, 6.07) is 19.0. The zero-order chi connectivity index (χ0) is 22.3. The lowest BCUT2D eigenvalue weighted by molar-refractivity contribution is 0.0762. The Kier molecular flexibility index (Phi) is 6.50. The zero-order valence-corrected chi connectivity index (χ0v) is 17.5. The number of carbonyl (C=O) groups excluding carboxylic acids is 3. The van der Waals surface area contributed by atoms with Crippen LogP contribution in [0.4, 0.5) is 16.2 Å². The third-order valence-electron chi connectivity index (χ3n) is 5.23. The number of anilines is 2. The predicted octanol–water partition coefficient (Wildman–Crippen LogP) is 3.91. The van der Waals surface area contributed by atoms with Crippen LogP contribution < -0.4 is 10.6 Å². The summed E-state index contributed by atoms with van der Waals surface area (Å²) in [5.41, 5.74) is 1.87. The molecule has 8 nitrogen and oxygen atoms in total. The van der Waals surface area contributed by atoms with Gasteiger partial charge in [0.15, 0.2) is 5.76 Å². The van der Waals surface area contributed by atoms with Gasteiger partial charge in [0.25, 0.3) is 11.8 Å². The molecular weight excluding hydrogens is 408 g/mol. The number of amides is 4. The van der Waals surface area contributed by atoms with Crippen molar-refractivity contribution in [2.75, 3.05) is 36.8 Å². The van der Waals surface area contributed by atoms with Crippen molar-refractivity contribution in [2.45, 2.75) is 6.42 Å². The Balaban J connectivity index is 1.30. The fourth-order valence-corrected chi connectivity index (χ4v) is 3.53. The van der Waals surface area contributed by atoms with Crippen LogP contribution in [0.5, 0.6) is 0 Å². The quantitative estimate of drug-likeness (QED) is 0.653. The van der Waals surface area contributed by atoms with Crippen molar-refractivity contribution in [3.05, 3.63) is 84.3 Å². The topological polar surface area (TPSA) is 94.9 Å². The second kappa shape index (κ2) is 9.82. The molecule has 3 aromatic rings. The molecule has 1 aliphatic heterocycles. The van der Waals surface area contributed by atoms with Gasteiger partial charge in [-0.3, -0.25) is 9.59 Å². The van der Waals surface area contributed by atoms with E-state index in [0.29, 0.717) is 49.5 Å². The van der Waals surface area contributed by atoms with E-state index in [-0.39, 0.29) is 23.6 Å². The fourth-order valence-electron chi connectivity index (χ4n) is 3.53. The number of nitrogens with one attached hydrogen (secondary N) is 2. The summed E-state index contributed by atoms with van der Waals surface area (Å²) in [5.74, 6) is -0.130. The van der Waals surface area contributed by atoms with Gasteiger partial charge in [0.2, 0.25) is 0 Å². The van der Waals surface area contributed by atoms with E-state index in [1.807, 2.05) is 18.2 Å². The van der Waals surface area contributed by atoms with Gasteiger partial charge in [0, 0.05) is 43.1 Å². The highest BCUT2D eigenvalue weighted by Gasteiger charge is 2.22. The number of rotatable bonds is 4. The van der Waals surface area contributed by atoms with Crippen molar-refractivity contribution in [1.29, 1.82) is 0 Å². The highest BCUT2D eigenvalue weighted by molar-refractivity contribution is 6.02. The molecule has 0 spiro atoms. The molecule has 0 saturated carbocycles. The highest BCUT2D eigenvalue weighted by Crippen LogP contribution is 2.16. The fraction of sp³-hybridized carbons (Fsp3) is 0.208. The van der Waals surface area contributed by atoms with Crippen LogP contribution in [0.1, 0.15) is 27.3 Å². The lowest BCUT2D eigenvalue weighted by Gasteiger charge is -2.22. The van der Waals surface area contributed by atoms with Gasteiger partial charge in [0.1, 0.15) is 0 Å². The molecule has 2 aromatic carbocycles. The Morgan fingerprint density at radius 2 is 1.38 bits per heavy atom. The predicted molar refractivity (Wildman–Crippen MR) is 121 cm³/mol. The monoisotopic (exact) mass is 432 g/mol. The highest BCUT2D eigenvalue weighted by atomic mass is 16.3. The molecule has 0 unspecified atom stereocenters. The molecule has 164 valence electrons. The number of hydrogen-bond donors (Lipinski definition) is 2. The maximum Gasteiger partial charge on any atom is 0.321 e. The molecule has 2 heterocycles. The number of hydrogen-bond acceptors (Lipinski definition) is 4. The molecule has 4 amide bonds. The average Bonchev–Trinajstić information content (AvgIpc) is 3.25. The summed E-state index contributed by atoms with van der Waals surface area (Å²) in [4.78, 5) is 40.9. The number of carbonyl (C=O) groups is 3. The summed E-state index contributed by atoms with van der Waals surface area (Å²) in [7, 11) is 0. The van der Waals surface area contributed by atoms with Crippen LogP contribution >= 0.6 is 0 Å². The van der Waals surface area contributed by atoms with Crippen molar-refractivity contribution < 1.29 is 18.8 Å². The maximum absolute atomic E-state index is 12.7. The molecule has 1 aromatic heterocycles. The molecule has 0 bridgehead atoms. The van der Waals surface area contributed by atoms with E-state index in [4.69, 9.17) is 4.42 Å². The zero-order valence-electron chi connectivity index (χ0n) is 17.5. The molecule has 0 radical (unpaired) electrons. The second-order valence-corrected chi connectivity index (χ2v) is 7.44. The van der Waals surface area contributed by atoms with Crippen molar-refractivity contribution >= 4 is 29.2 Å². The minimum atomic E-state index is -0.342. The van der Waals surface area contributed by atoms with Crippen LogP contribution in [0, 0.1) is 0 Å². The Bertz CT molecular complexity index is 1070. The molecule has 1 fully saturated rings. The van der Waals surface area contributed by atoms with E-state index in [2.05, 4.69) is 10.6 Å². The standard InChI is InChI=1S/C24H24N4O4/c29-22(21-8-4-17-32-21)25-19-9-11-20(12-10-19)26-24(31)28-14-5-13-27(15-16-28)23(30)18-6-2-1-3-7-18/h1-4,6-12,17H,5,13-16H2,(H,25,29)(H,26,31). The third-order valence-corrected chi connectivity index (χ3v) is 5.23. The van der Waals surface area contributed by atoms with Gasteiger partial charge in [-0.2, -0.15) is 0 Å². The first kappa shape index (κ1) is 21.2. The van der Waals surface area contributed by atoms with Crippen molar-refractivity contribution in [2.24, 2.45) is 0 Å². The van der Waals surface area contributed by atoms with Gasteiger partial charge in [0.05, 0.1) is 6.26 Å². The summed E-state index contributed by atoms with van der Waals surface area (Å²) in [6.07, 6.45) is 2.15. The first-order chi connectivity index (χ1) is 15.6. The summed E-state index contributed by atoms with van der Waals surface area (Å²) in [5, 5.41) is 5.61. The summed E-state index contributed by atoms with van der Waals surface area (Å²) >= 11 is 0. The number of furan rings is 1. The van der Waals surface area contributed by atoms with Crippen LogP contribution in [-0.2, 0) is 0 Å². The van der Waals surface area contributed by atoms with Crippen molar-refractivity contribution in [1.82, 2.24) is 9.80 Å². The van der Waals surface area contributed by atoms with E-state index >= 15 is 0 Å². The number of nitrogens with zero attached hydrogens (tertiary/aromatic N) is 2. The van der Waals surface area contributed by atoms with Gasteiger partial charge in [-0.1, -0.05) is 18.2 Å². The average molecular weight is 432 g/mol. The minimum Gasteiger partial charge on any atom is -0.459 e. The number of urea groups is 1. The lowest BCUT2D eigenvalue weighted by Crippen LogP contribution is -2.39. The Morgan fingerprint density at radius 1 is 0.719 bits per heavy atom. The largest absolute Gasteiger partial charge is 0.459 e. The smallest absolute Gasteiger partial charge is 0.321 e. The Morgan fingerprint density at radius 3 is 2.06 bits per heavy atom. The molecule has 0 aliphatic carbocycles. The Labute approximate surface area is 185 Å². The molecular formula is C24H24N4O4. The van der Waals surface area contributed by atoms with E-state index < -0.39 is 0 Å². The lowest BCUT2D eigenvalue weighted by atomic mass is 10.2. The molecule has 4 rings (SSSR count). The van der Waals surface area contributed by atoms with Gasteiger partial charge in [-0.05, 0) is 55.0 Å². The minimum absolute atomic E-state index is 0.0138. The van der Waals surface area contributed by atoms with E-state index in [1.54, 1.807) is 58.3 Å². The van der Waals surface area contributed by atoms with Gasteiger partial charge >= 0.3 is 6.03 Å². The molecule has 2 N–H and O–H groups in total. The molecule has 32 heavy (non-hydrogen) atoms. The van der Waals surface area contributed by atoms with E-state index in [9.17, 15) is 14.4 Å². The first-order valence-corrected chi connectivity index (χ1v) is 10.5. The molecule has 1 saturated heterocycles. The van der Waals surface area contributed by atoms with Gasteiger partial charge in [-0.15, -0.1) is 0 Å². The van der Waals surface area contributed by atoms with Crippen LogP contribution in [0.2, 0.25) is 0 Å². The second-order valence-electron chi connectivity index (χ2n) is 7.44. The van der Waals surface area contributed by atoms with Crippen LogP contribution in [0.25, 0.3) is 0 Å². The molecule has 8 heteroatoms. The summed E-state index contributed by atoms with van der Waals surface area (Å²) in [6.45, 7) is 2.13. The Hall–Kier alpha value is -4.07. The van der Waals surface area contributed by atoms with Gasteiger partial charge in [-0.25, -0.2) is 4.79 Å². The van der Waals surface area contributed by atoms with Crippen molar-refractivity contribution in [3.8, 4) is 0 Å².